The van der Waals surface area contributed by atoms with Gasteiger partial charge in [-0.3, -0.25) is 19.3 Å². The maximum absolute atomic E-state index is 14.1. The van der Waals surface area contributed by atoms with Gasteiger partial charge in [0.1, 0.15) is 25.3 Å². The van der Waals surface area contributed by atoms with Crippen molar-refractivity contribution in [2.24, 2.45) is 16.8 Å². The molecule has 1 spiro atoms. The van der Waals surface area contributed by atoms with Crippen LogP contribution in [0.1, 0.15) is 64.5 Å². The number of rotatable bonds is 10. The normalized spacial score (nSPS) is 20.9. The van der Waals surface area contributed by atoms with E-state index in [1.165, 1.54) is 9.80 Å². The van der Waals surface area contributed by atoms with Crippen LogP contribution in [-0.2, 0) is 25.5 Å². The van der Waals surface area contributed by atoms with E-state index in [9.17, 15) is 19.5 Å². The Balaban J connectivity index is 1.43. The molecule has 2 aromatic rings. The molecule has 2 N–H and O–H groups in total. The lowest BCUT2D eigenvalue weighted by Crippen LogP contribution is -2.58. The molecule has 1 aliphatic carbocycles. The number of amides is 3. The van der Waals surface area contributed by atoms with E-state index in [4.69, 9.17) is 9.73 Å². The van der Waals surface area contributed by atoms with Crippen LogP contribution in [0.5, 0.6) is 0 Å². The van der Waals surface area contributed by atoms with Crippen LogP contribution in [-0.4, -0.2) is 75.4 Å². The zero-order valence-electron chi connectivity index (χ0n) is 26.1. The zero-order chi connectivity index (χ0) is 31.4. The summed E-state index contributed by atoms with van der Waals surface area (Å²) in [6, 6.07) is 17.4. The van der Waals surface area contributed by atoms with Crippen molar-refractivity contribution in [1.82, 2.24) is 15.1 Å². The van der Waals surface area contributed by atoms with Gasteiger partial charge < -0.3 is 20.1 Å². The first-order valence-electron chi connectivity index (χ1n) is 15.7. The maximum Gasteiger partial charge on any atom is 0.250 e. The molecule has 2 aliphatic heterocycles. The molecule has 9 heteroatoms. The maximum atomic E-state index is 14.1. The number of carbonyl (C=O) groups is 3. The fraction of sp³-hybridized carbons (Fsp3) is 0.486. The minimum atomic E-state index is -1.15. The lowest BCUT2D eigenvalue weighted by molar-refractivity contribution is -0.147. The zero-order valence-corrected chi connectivity index (χ0v) is 26.1. The molecule has 1 fully saturated rings. The summed E-state index contributed by atoms with van der Waals surface area (Å²) in [7, 11) is 0. The highest BCUT2D eigenvalue weighted by Gasteiger charge is 2.44. The fourth-order valence-corrected chi connectivity index (χ4v) is 6.41. The van der Waals surface area contributed by atoms with E-state index in [0.29, 0.717) is 24.3 Å². The summed E-state index contributed by atoms with van der Waals surface area (Å²) < 4.78 is 5.93. The highest BCUT2D eigenvalue weighted by atomic mass is 16.5. The van der Waals surface area contributed by atoms with E-state index in [1.54, 1.807) is 6.20 Å². The molecule has 234 valence electrons. The molecule has 44 heavy (non-hydrogen) atoms. The van der Waals surface area contributed by atoms with Crippen LogP contribution in [0.25, 0.3) is 5.70 Å². The van der Waals surface area contributed by atoms with Crippen molar-refractivity contribution in [3.05, 3.63) is 78.0 Å². The number of aliphatic hydroxyl groups excluding tert-OH is 1. The van der Waals surface area contributed by atoms with Gasteiger partial charge in [0.25, 0.3) is 5.91 Å². The number of benzene rings is 2. The highest BCUT2D eigenvalue weighted by Crippen LogP contribution is 2.37. The Kier molecular flexibility index (Phi) is 9.53. The van der Waals surface area contributed by atoms with Crippen molar-refractivity contribution >= 4 is 29.3 Å². The van der Waals surface area contributed by atoms with Crippen molar-refractivity contribution < 1.29 is 24.2 Å². The van der Waals surface area contributed by atoms with Gasteiger partial charge in [0, 0.05) is 12.1 Å². The Bertz CT molecular complexity index is 1400. The Hall–Kier alpha value is -3.98. The van der Waals surface area contributed by atoms with Gasteiger partial charge in [0.05, 0.1) is 17.3 Å². The number of hydrogen-bond acceptors (Lipinski definition) is 6. The number of nitrogens with one attached hydrogen (secondary N) is 1. The predicted octanol–water partition coefficient (Wildman–Crippen LogP) is 4.17. The smallest absolute Gasteiger partial charge is 0.250 e. The molecule has 5 rings (SSSR count). The topological polar surface area (TPSA) is 112 Å². The van der Waals surface area contributed by atoms with Crippen LogP contribution in [0, 0.1) is 11.8 Å². The van der Waals surface area contributed by atoms with E-state index < -0.39 is 24.1 Å². The van der Waals surface area contributed by atoms with Crippen LogP contribution in [0.3, 0.4) is 0 Å². The third-order valence-corrected chi connectivity index (χ3v) is 8.77. The standard InChI is InChI=1S/C35H44N4O5/c1-23(2)30-34(43)38(28(26-15-9-6-10-16-26)20-39(30)33(42)24(3)4)21-29(40)36-27(19-25-13-7-5-8-14-25)31(41)32-37-35(22-44-32)17-11-12-18-35/h5-10,13-16,20,23-24,27,30-31,41H,11-12,17-19,21-22H2,1-4H3,(H,36,40). The summed E-state index contributed by atoms with van der Waals surface area (Å²) in [6.45, 7) is 7.59. The third-order valence-electron chi connectivity index (χ3n) is 8.77. The molecular formula is C35H44N4O5. The monoisotopic (exact) mass is 600 g/mol. The van der Waals surface area contributed by atoms with Crippen LogP contribution < -0.4 is 5.32 Å². The number of hydrogen-bond donors (Lipinski definition) is 2. The van der Waals surface area contributed by atoms with E-state index in [2.05, 4.69) is 5.32 Å². The first-order chi connectivity index (χ1) is 21.1. The van der Waals surface area contributed by atoms with E-state index in [-0.39, 0.29) is 41.6 Å². The van der Waals surface area contributed by atoms with Gasteiger partial charge in [-0.1, -0.05) is 101 Å². The highest BCUT2D eigenvalue weighted by molar-refractivity contribution is 6.00. The number of aliphatic imine (C=N–C) groups is 1. The van der Waals surface area contributed by atoms with Crippen LogP contribution in [0.4, 0.5) is 0 Å². The first kappa shape index (κ1) is 31.4. The Labute approximate surface area is 260 Å². The third kappa shape index (κ3) is 6.73. The van der Waals surface area contributed by atoms with Gasteiger partial charge in [-0.15, -0.1) is 0 Å². The molecule has 3 atom stereocenters. The van der Waals surface area contributed by atoms with Crippen molar-refractivity contribution in [3.63, 3.8) is 0 Å². The summed E-state index contributed by atoms with van der Waals surface area (Å²) in [6.07, 6.45) is 4.93. The lowest BCUT2D eigenvalue weighted by Gasteiger charge is -2.41. The molecule has 0 saturated heterocycles. The van der Waals surface area contributed by atoms with Crippen molar-refractivity contribution in [1.29, 1.82) is 0 Å². The molecule has 2 heterocycles. The number of nitrogens with zero attached hydrogens (tertiary/aromatic N) is 3. The molecule has 3 aliphatic rings. The minimum Gasteiger partial charge on any atom is -0.476 e. The molecule has 3 unspecified atom stereocenters. The average Bonchev–Trinajstić information content (AvgIpc) is 3.66. The van der Waals surface area contributed by atoms with E-state index >= 15 is 0 Å². The van der Waals surface area contributed by atoms with E-state index in [1.807, 2.05) is 88.4 Å². The van der Waals surface area contributed by atoms with Crippen molar-refractivity contribution in [2.45, 2.75) is 83.5 Å². The SMILES string of the molecule is CC(C)C(=O)N1C=C(c2ccccc2)N(CC(=O)NC(Cc2ccccc2)C(O)C2=NC3(CCCC3)CO2)C(=O)C1C(C)C. The predicted molar refractivity (Wildman–Crippen MR) is 169 cm³/mol. The van der Waals surface area contributed by atoms with Gasteiger partial charge in [-0.25, -0.2) is 4.99 Å². The summed E-state index contributed by atoms with van der Waals surface area (Å²) in [5.74, 6) is -1.14. The van der Waals surface area contributed by atoms with Gasteiger partial charge >= 0.3 is 0 Å². The number of ether oxygens (including phenoxy) is 1. The molecule has 1 saturated carbocycles. The summed E-state index contributed by atoms with van der Waals surface area (Å²) in [4.78, 5) is 49.0. The van der Waals surface area contributed by atoms with Gasteiger partial charge in [0.2, 0.25) is 17.7 Å². The molecule has 3 amide bonds. The van der Waals surface area contributed by atoms with Gasteiger partial charge in [0.15, 0.2) is 0 Å². The number of aliphatic hydroxyl groups is 1. The Morgan fingerprint density at radius 2 is 1.66 bits per heavy atom. The second-order valence-electron chi connectivity index (χ2n) is 12.9. The first-order valence-corrected chi connectivity index (χ1v) is 15.7. The lowest BCUT2D eigenvalue weighted by atomic mass is 9.95. The number of carbonyl (C=O) groups excluding carboxylic acids is 3. The average molecular weight is 601 g/mol. The van der Waals surface area contributed by atoms with Crippen LogP contribution in [0.15, 0.2) is 71.9 Å². The Morgan fingerprint density at radius 1 is 1.02 bits per heavy atom. The van der Waals surface area contributed by atoms with Gasteiger partial charge in [-0.05, 0) is 36.3 Å². The van der Waals surface area contributed by atoms with E-state index in [0.717, 1.165) is 31.2 Å². The Morgan fingerprint density at radius 3 is 2.27 bits per heavy atom. The minimum absolute atomic E-state index is 0.155. The summed E-state index contributed by atoms with van der Waals surface area (Å²) in [5, 5.41) is 14.5. The van der Waals surface area contributed by atoms with Crippen molar-refractivity contribution in [3.8, 4) is 0 Å². The molecule has 0 radical (unpaired) electrons. The second-order valence-corrected chi connectivity index (χ2v) is 12.9. The molecule has 0 aromatic heterocycles. The molecule has 9 nitrogen and oxygen atoms in total. The van der Waals surface area contributed by atoms with Gasteiger partial charge in [-0.2, -0.15) is 0 Å². The fourth-order valence-electron chi connectivity index (χ4n) is 6.41. The molecule has 0 bridgehead atoms. The summed E-state index contributed by atoms with van der Waals surface area (Å²) in [5.41, 5.74) is 1.85. The largest absolute Gasteiger partial charge is 0.476 e. The van der Waals surface area contributed by atoms with Crippen LogP contribution >= 0.6 is 0 Å². The van der Waals surface area contributed by atoms with Crippen molar-refractivity contribution in [2.75, 3.05) is 13.2 Å². The second kappa shape index (κ2) is 13.3. The summed E-state index contributed by atoms with van der Waals surface area (Å²) >= 11 is 0. The van der Waals surface area contributed by atoms with Crippen LogP contribution in [0.2, 0.25) is 0 Å². The quantitative estimate of drug-likeness (QED) is 0.425. The molecule has 2 aromatic carbocycles. The molecular weight excluding hydrogens is 556 g/mol.